The van der Waals surface area contributed by atoms with E-state index in [9.17, 15) is 4.79 Å². The van der Waals surface area contributed by atoms with E-state index in [1.807, 2.05) is 44.0 Å². The molecule has 3 heterocycles. The molecule has 6 nitrogen and oxygen atoms in total. The molecule has 1 aliphatic rings. The van der Waals surface area contributed by atoms with Gasteiger partial charge in [0.25, 0.3) is 0 Å². The summed E-state index contributed by atoms with van der Waals surface area (Å²) in [5.74, 6) is 1.03. The highest BCUT2D eigenvalue weighted by Gasteiger charge is 2.26. The van der Waals surface area contributed by atoms with Gasteiger partial charge in [-0.15, -0.1) is 11.3 Å². The van der Waals surface area contributed by atoms with Crippen molar-refractivity contribution in [3.05, 3.63) is 42.7 Å². The summed E-state index contributed by atoms with van der Waals surface area (Å²) in [5, 5.41) is 1.03. The van der Waals surface area contributed by atoms with E-state index < -0.39 is 0 Å². The first-order valence-electron chi connectivity index (χ1n) is 9.95. The van der Waals surface area contributed by atoms with Crippen LogP contribution < -0.4 is 4.90 Å². The summed E-state index contributed by atoms with van der Waals surface area (Å²) >= 11 is 1.66. The van der Waals surface area contributed by atoms with Crippen LogP contribution in [0.15, 0.2) is 42.7 Å². The smallest absolute Gasteiger partial charge is 0.224 e. The molecule has 0 radical (unpaired) electrons. The highest BCUT2D eigenvalue weighted by Crippen LogP contribution is 2.35. The standard InChI is InChI=1S/C22H26N4O2S/c1-15-12-26(13-16(2)28-15)20(27)9-10-25(3)21-18-11-19(17-7-5-4-6-8-17)29-22(18)24-14-23-21/h4-8,11,14-16H,9-10,12-13H2,1-3H3. The van der Waals surface area contributed by atoms with Crippen molar-refractivity contribution in [3.63, 3.8) is 0 Å². The number of fused-ring (bicyclic) bond motifs is 1. The number of carbonyl (C=O) groups is 1. The largest absolute Gasteiger partial charge is 0.372 e. The molecule has 2 aromatic heterocycles. The second-order valence-corrected chi connectivity index (χ2v) is 8.65. The van der Waals surface area contributed by atoms with E-state index in [2.05, 4.69) is 33.1 Å². The number of hydrogen-bond acceptors (Lipinski definition) is 6. The number of benzene rings is 1. The molecular weight excluding hydrogens is 384 g/mol. The first-order chi connectivity index (χ1) is 14.0. The van der Waals surface area contributed by atoms with E-state index in [1.54, 1.807) is 17.7 Å². The maximum atomic E-state index is 12.7. The van der Waals surface area contributed by atoms with Crippen LogP contribution in [0.4, 0.5) is 5.82 Å². The van der Waals surface area contributed by atoms with Crippen LogP contribution in [0.3, 0.4) is 0 Å². The molecule has 1 amide bonds. The molecule has 1 saturated heterocycles. The third-order valence-corrected chi connectivity index (χ3v) is 6.25. The van der Waals surface area contributed by atoms with Crippen LogP contribution in [0.25, 0.3) is 20.7 Å². The maximum absolute atomic E-state index is 12.7. The lowest BCUT2D eigenvalue weighted by atomic mass is 10.2. The third kappa shape index (κ3) is 4.41. The summed E-state index contributed by atoms with van der Waals surface area (Å²) in [5.41, 5.74) is 1.18. The summed E-state index contributed by atoms with van der Waals surface area (Å²) in [7, 11) is 1.99. The van der Waals surface area contributed by atoms with Gasteiger partial charge in [0, 0.05) is 38.0 Å². The Kier molecular flexibility index (Phi) is 5.78. The predicted molar refractivity (Wildman–Crippen MR) is 117 cm³/mol. The minimum absolute atomic E-state index is 0.0872. The molecule has 1 fully saturated rings. The van der Waals surface area contributed by atoms with Crippen molar-refractivity contribution in [2.75, 3.05) is 31.6 Å². The summed E-state index contributed by atoms with van der Waals surface area (Å²) in [6.45, 7) is 5.97. The lowest BCUT2D eigenvalue weighted by Crippen LogP contribution is -2.48. The van der Waals surface area contributed by atoms with Crippen LogP contribution >= 0.6 is 11.3 Å². The van der Waals surface area contributed by atoms with E-state index in [0.29, 0.717) is 26.1 Å². The number of rotatable bonds is 5. The van der Waals surface area contributed by atoms with Gasteiger partial charge in [-0.25, -0.2) is 9.97 Å². The van der Waals surface area contributed by atoms with Gasteiger partial charge in [-0.1, -0.05) is 30.3 Å². The lowest BCUT2D eigenvalue weighted by Gasteiger charge is -2.35. The average Bonchev–Trinajstić information content (AvgIpc) is 3.16. The highest BCUT2D eigenvalue weighted by molar-refractivity contribution is 7.21. The van der Waals surface area contributed by atoms with Crippen molar-refractivity contribution >= 4 is 33.3 Å². The van der Waals surface area contributed by atoms with E-state index in [0.717, 1.165) is 16.0 Å². The number of anilines is 1. The van der Waals surface area contributed by atoms with Crippen molar-refractivity contribution in [2.24, 2.45) is 0 Å². The van der Waals surface area contributed by atoms with Gasteiger partial charge in [0.1, 0.15) is 17.0 Å². The van der Waals surface area contributed by atoms with Crippen LogP contribution in [0, 0.1) is 0 Å². The van der Waals surface area contributed by atoms with Gasteiger partial charge in [-0.05, 0) is 25.5 Å². The van der Waals surface area contributed by atoms with Crippen LogP contribution in [0.2, 0.25) is 0 Å². The zero-order chi connectivity index (χ0) is 20.4. The van der Waals surface area contributed by atoms with Gasteiger partial charge >= 0.3 is 0 Å². The Morgan fingerprint density at radius 2 is 1.93 bits per heavy atom. The number of carbonyl (C=O) groups excluding carboxylic acids is 1. The number of nitrogens with zero attached hydrogens (tertiary/aromatic N) is 4. The fourth-order valence-electron chi connectivity index (χ4n) is 3.80. The number of thiophene rings is 1. The quantitative estimate of drug-likeness (QED) is 0.640. The molecule has 1 aromatic carbocycles. The molecule has 4 rings (SSSR count). The third-order valence-electron chi connectivity index (χ3n) is 5.16. The second kappa shape index (κ2) is 8.47. The van der Waals surface area contributed by atoms with E-state index in [1.165, 1.54) is 10.4 Å². The van der Waals surface area contributed by atoms with Crippen molar-refractivity contribution in [3.8, 4) is 10.4 Å². The van der Waals surface area contributed by atoms with Crippen molar-refractivity contribution in [2.45, 2.75) is 32.5 Å². The van der Waals surface area contributed by atoms with Gasteiger partial charge in [0.05, 0.1) is 17.6 Å². The first-order valence-corrected chi connectivity index (χ1v) is 10.8. The Balaban J connectivity index is 1.48. The Hall–Kier alpha value is -2.51. The fraction of sp³-hybridized carbons (Fsp3) is 0.409. The summed E-state index contributed by atoms with van der Waals surface area (Å²) in [6.07, 6.45) is 2.23. The number of aromatic nitrogens is 2. The number of morpholine rings is 1. The molecule has 0 spiro atoms. The van der Waals surface area contributed by atoms with Crippen LogP contribution in [0.1, 0.15) is 20.3 Å². The van der Waals surface area contributed by atoms with E-state index in [-0.39, 0.29) is 18.1 Å². The minimum atomic E-state index is 0.0872. The molecule has 152 valence electrons. The molecule has 7 heteroatoms. The second-order valence-electron chi connectivity index (χ2n) is 7.62. The topological polar surface area (TPSA) is 58.6 Å². The van der Waals surface area contributed by atoms with Gasteiger partial charge in [0.15, 0.2) is 0 Å². The molecule has 3 aromatic rings. The Morgan fingerprint density at radius 1 is 1.21 bits per heavy atom. The molecule has 2 atom stereocenters. The number of hydrogen-bond donors (Lipinski definition) is 0. The molecule has 0 saturated carbocycles. The summed E-state index contributed by atoms with van der Waals surface area (Å²) in [6, 6.07) is 12.4. The van der Waals surface area contributed by atoms with Gasteiger partial charge in [-0.3, -0.25) is 4.79 Å². The average molecular weight is 411 g/mol. The van der Waals surface area contributed by atoms with Gasteiger partial charge < -0.3 is 14.5 Å². The normalized spacial score (nSPS) is 19.5. The molecule has 0 bridgehead atoms. The fourth-order valence-corrected chi connectivity index (χ4v) is 4.80. The Labute approximate surface area is 175 Å². The summed E-state index contributed by atoms with van der Waals surface area (Å²) < 4.78 is 5.73. The van der Waals surface area contributed by atoms with Crippen LogP contribution in [-0.4, -0.2) is 59.7 Å². The van der Waals surface area contributed by atoms with Crippen LogP contribution in [0.5, 0.6) is 0 Å². The monoisotopic (exact) mass is 410 g/mol. The van der Waals surface area contributed by atoms with Crippen LogP contribution in [-0.2, 0) is 9.53 Å². The SMILES string of the molecule is CC1CN(C(=O)CCN(C)c2ncnc3sc(-c4ccccc4)cc23)CC(C)O1. The highest BCUT2D eigenvalue weighted by atomic mass is 32.1. The maximum Gasteiger partial charge on any atom is 0.224 e. The summed E-state index contributed by atoms with van der Waals surface area (Å²) in [4.78, 5) is 27.7. The van der Waals surface area contributed by atoms with Gasteiger partial charge in [0.2, 0.25) is 5.91 Å². The van der Waals surface area contributed by atoms with Crippen molar-refractivity contribution in [1.29, 1.82) is 0 Å². The predicted octanol–water partition coefficient (Wildman–Crippen LogP) is 3.82. The van der Waals surface area contributed by atoms with Crippen molar-refractivity contribution < 1.29 is 9.53 Å². The van der Waals surface area contributed by atoms with Gasteiger partial charge in [-0.2, -0.15) is 0 Å². The lowest BCUT2D eigenvalue weighted by molar-refractivity contribution is -0.142. The zero-order valence-electron chi connectivity index (χ0n) is 17.0. The van der Waals surface area contributed by atoms with E-state index >= 15 is 0 Å². The first kappa shape index (κ1) is 19.8. The molecule has 29 heavy (non-hydrogen) atoms. The Morgan fingerprint density at radius 3 is 2.66 bits per heavy atom. The van der Waals surface area contributed by atoms with Crippen molar-refractivity contribution in [1.82, 2.24) is 14.9 Å². The molecular formula is C22H26N4O2S. The molecule has 0 N–H and O–H groups in total. The molecule has 1 aliphatic heterocycles. The minimum Gasteiger partial charge on any atom is -0.372 e. The Bertz CT molecular complexity index is 981. The number of amides is 1. The van der Waals surface area contributed by atoms with E-state index in [4.69, 9.17) is 4.74 Å². The molecule has 0 aliphatic carbocycles. The zero-order valence-corrected chi connectivity index (χ0v) is 17.9. The molecule has 2 unspecified atom stereocenters. The number of ether oxygens (including phenoxy) is 1.